The van der Waals surface area contributed by atoms with Crippen LogP contribution in [-0.4, -0.2) is 5.11 Å². The molecule has 0 radical (unpaired) electrons. The third kappa shape index (κ3) is 12.8. The van der Waals surface area contributed by atoms with Gasteiger partial charge in [0, 0.05) is 0 Å². The van der Waals surface area contributed by atoms with Crippen molar-refractivity contribution in [2.24, 2.45) is 0 Å². The standard InChI is InChI=1S/C14H22O/c1-2-3-4-5-6-7-8-9-10-11-12-13-14-15/h3-4,9-15H,2,5-8H2,1H3/b4-3?,10-9+,12-11-,14-13+. The molecule has 15 heavy (non-hydrogen) atoms. The van der Waals surface area contributed by atoms with Crippen LogP contribution in [0.25, 0.3) is 0 Å². The van der Waals surface area contributed by atoms with Gasteiger partial charge in [0.15, 0.2) is 0 Å². The van der Waals surface area contributed by atoms with Crippen molar-refractivity contribution in [1.29, 1.82) is 0 Å². The van der Waals surface area contributed by atoms with Crippen molar-refractivity contribution in [3.63, 3.8) is 0 Å². The number of hydrogen-bond donors (Lipinski definition) is 1. The zero-order valence-electron chi connectivity index (χ0n) is 9.60. The molecule has 0 atom stereocenters. The minimum atomic E-state index is 1.03. The van der Waals surface area contributed by atoms with Crippen LogP contribution < -0.4 is 0 Å². The number of allylic oxidation sites excluding steroid dienone is 7. The molecule has 0 aliphatic carbocycles. The molecule has 0 saturated heterocycles. The molecule has 0 aliphatic heterocycles. The van der Waals surface area contributed by atoms with Gasteiger partial charge in [-0.15, -0.1) is 0 Å². The third-order valence-electron chi connectivity index (χ3n) is 1.95. The SMILES string of the molecule is CCC=CCCCC/C=C/C=C\C=C\O. The van der Waals surface area contributed by atoms with Gasteiger partial charge in [0.2, 0.25) is 0 Å². The number of rotatable bonds is 8. The molecule has 0 saturated carbocycles. The fourth-order valence-electron chi connectivity index (χ4n) is 1.16. The predicted octanol–water partition coefficient (Wildman–Crippen LogP) is 4.70. The van der Waals surface area contributed by atoms with Crippen LogP contribution in [0.1, 0.15) is 39.0 Å². The average molecular weight is 206 g/mol. The highest BCUT2D eigenvalue weighted by atomic mass is 16.2. The van der Waals surface area contributed by atoms with Crippen LogP contribution in [0.3, 0.4) is 0 Å². The first-order chi connectivity index (χ1) is 7.41. The van der Waals surface area contributed by atoms with Gasteiger partial charge >= 0.3 is 0 Å². The first-order valence-corrected chi connectivity index (χ1v) is 5.69. The summed E-state index contributed by atoms with van der Waals surface area (Å²) in [6, 6.07) is 0. The van der Waals surface area contributed by atoms with Crippen LogP contribution in [0, 0.1) is 0 Å². The summed E-state index contributed by atoms with van der Waals surface area (Å²) in [7, 11) is 0. The van der Waals surface area contributed by atoms with E-state index in [-0.39, 0.29) is 0 Å². The average Bonchev–Trinajstić information content (AvgIpc) is 2.26. The Morgan fingerprint density at radius 2 is 1.47 bits per heavy atom. The van der Waals surface area contributed by atoms with Crippen molar-refractivity contribution < 1.29 is 5.11 Å². The minimum Gasteiger partial charge on any atom is -0.516 e. The minimum absolute atomic E-state index is 1.03. The van der Waals surface area contributed by atoms with E-state index < -0.39 is 0 Å². The molecule has 0 aromatic carbocycles. The van der Waals surface area contributed by atoms with Gasteiger partial charge in [0.05, 0.1) is 6.26 Å². The van der Waals surface area contributed by atoms with Gasteiger partial charge in [-0.1, -0.05) is 43.4 Å². The first-order valence-electron chi connectivity index (χ1n) is 5.69. The molecule has 1 nitrogen and oxygen atoms in total. The maximum Gasteiger partial charge on any atom is 0.0791 e. The summed E-state index contributed by atoms with van der Waals surface area (Å²) in [5, 5.41) is 8.35. The first kappa shape index (κ1) is 13.8. The van der Waals surface area contributed by atoms with Crippen LogP contribution in [0.5, 0.6) is 0 Å². The van der Waals surface area contributed by atoms with Crippen molar-refractivity contribution in [3.05, 3.63) is 48.8 Å². The van der Waals surface area contributed by atoms with Crippen LogP contribution in [0.15, 0.2) is 48.8 Å². The van der Waals surface area contributed by atoms with Crippen molar-refractivity contribution in [2.75, 3.05) is 0 Å². The van der Waals surface area contributed by atoms with E-state index in [0.717, 1.165) is 19.1 Å². The maximum absolute atomic E-state index is 8.35. The smallest absolute Gasteiger partial charge is 0.0791 e. The Morgan fingerprint density at radius 1 is 0.800 bits per heavy atom. The Kier molecular flexibility index (Phi) is 11.7. The van der Waals surface area contributed by atoms with Crippen LogP contribution in [0.2, 0.25) is 0 Å². The van der Waals surface area contributed by atoms with Gasteiger partial charge in [-0.2, -0.15) is 0 Å². The van der Waals surface area contributed by atoms with Crippen LogP contribution in [0.4, 0.5) is 0 Å². The van der Waals surface area contributed by atoms with Crippen molar-refractivity contribution in [1.82, 2.24) is 0 Å². The number of unbranched alkanes of at least 4 members (excludes halogenated alkanes) is 3. The highest BCUT2D eigenvalue weighted by Gasteiger charge is 1.82. The number of hydrogen-bond acceptors (Lipinski definition) is 1. The highest BCUT2D eigenvalue weighted by Crippen LogP contribution is 2.02. The Bertz CT molecular complexity index is 221. The van der Waals surface area contributed by atoms with E-state index in [2.05, 4.69) is 25.2 Å². The van der Waals surface area contributed by atoms with Crippen LogP contribution in [-0.2, 0) is 0 Å². The fraction of sp³-hybridized carbons (Fsp3) is 0.429. The lowest BCUT2D eigenvalue weighted by atomic mass is 10.1. The number of aliphatic hydroxyl groups is 1. The normalized spacial score (nSPS) is 12.9. The molecule has 1 N–H and O–H groups in total. The lowest BCUT2D eigenvalue weighted by Gasteiger charge is -1.91. The molecule has 0 aromatic heterocycles. The Morgan fingerprint density at radius 3 is 2.13 bits per heavy atom. The molecule has 0 spiro atoms. The molecular weight excluding hydrogens is 184 g/mol. The van der Waals surface area contributed by atoms with Gasteiger partial charge in [-0.3, -0.25) is 0 Å². The van der Waals surface area contributed by atoms with Gasteiger partial charge < -0.3 is 5.11 Å². The largest absolute Gasteiger partial charge is 0.516 e. The predicted molar refractivity (Wildman–Crippen MR) is 67.9 cm³/mol. The van der Waals surface area contributed by atoms with E-state index >= 15 is 0 Å². The van der Waals surface area contributed by atoms with E-state index in [1.54, 1.807) is 12.2 Å². The second-order valence-corrected chi connectivity index (χ2v) is 3.32. The summed E-state index contributed by atoms with van der Waals surface area (Å²) < 4.78 is 0. The molecule has 0 unspecified atom stereocenters. The molecule has 0 bridgehead atoms. The molecule has 0 aliphatic rings. The Balaban J connectivity index is 3.26. The molecule has 0 fully saturated rings. The summed E-state index contributed by atoms with van der Waals surface area (Å²) in [6.07, 6.45) is 21.0. The van der Waals surface area contributed by atoms with Gasteiger partial charge in [0.1, 0.15) is 0 Å². The van der Waals surface area contributed by atoms with Gasteiger partial charge in [0.25, 0.3) is 0 Å². The Labute approximate surface area is 93.5 Å². The molecule has 0 rings (SSSR count). The van der Waals surface area contributed by atoms with Crippen molar-refractivity contribution in [3.8, 4) is 0 Å². The highest BCUT2D eigenvalue weighted by molar-refractivity contribution is 5.09. The zero-order chi connectivity index (χ0) is 11.2. The summed E-state index contributed by atoms with van der Waals surface area (Å²) in [5.74, 6) is 0. The summed E-state index contributed by atoms with van der Waals surface area (Å²) in [4.78, 5) is 0. The van der Waals surface area contributed by atoms with Gasteiger partial charge in [-0.05, 0) is 38.2 Å². The topological polar surface area (TPSA) is 20.2 Å². The molecule has 0 aromatic rings. The molecule has 1 heteroatoms. The van der Waals surface area contributed by atoms with E-state index in [9.17, 15) is 0 Å². The van der Waals surface area contributed by atoms with Crippen LogP contribution >= 0.6 is 0 Å². The molecule has 0 heterocycles. The molecular formula is C14H22O. The quantitative estimate of drug-likeness (QED) is 0.264. The van der Waals surface area contributed by atoms with E-state index in [1.165, 1.54) is 19.3 Å². The molecule has 0 amide bonds. The Hall–Kier alpha value is -1.24. The maximum atomic E-state index is 8.35. The van der Waals surface area contributed by atoms with E-state index in [1.807, 2.05) is 12.2 Å². The number of aliphatic hydroxyl groups excluding tert-OH is 1. The second kappa shape index (κ2) is 12.8. The van der Waals surface area contributed by atoms with E-state index in [0.29, 0.717) is 0 Å². The summed E-state index contributed by atoms with van der Waals surface area (Å²) >= 11 is 0. The van der Waals surface area contributed by atoms with Crippen molar-refractivity contribution in [2.45, 2.75) is 39.0 Å². The fourth-order valence-corrected chi connectivity index (χ4v) is 1.16. The molecule has 84 valence electrons. The van der Waals surface area contributed by atoms with Crippen molar-refractivity contribution >= 4 is 0 Å². The monoisotopic (exact) mass is 206 g/mol. The summed E-state index contributed by atoms with van der Waals surface area (Å²) in [6.45, 7) is 2.16. The van der Waals surface area contributed by atoms with Gasteiger partial charge in [-0.25, -0.2) is 0 Å². The second-order valence-electron chi connectivity index (χ2n) is 3.32. The zero-order valence-corrected chi connectivity index (χ0v) is 9.60. The van der Waals surface area contributed by atoms with E-state index in [4.69, 9.17) is 5.11 Å². The lowest BCUT2D eigenvalue weighted by Crippen LogP contribution is -1.71. The lowest BCUT2D eigenvalue weighted by molar-refractivity contribution is 0.474. The summed E-state index contributed by atoms with van der Waals surface area (Å²) in [5.41, 5.74) is 0. The third-order valence-corrected chi connectivity index (χ3v) is 1.95.